The van der Waals surface area contributed by atoms with Gasteiger partial charge in [0.15, 0.2) is 0 Å². The monoisotopic (exact) mass is 261 g/mol. The molecule has 104 valence electrons. The van der Waals surface area contributed by atoms with Gasteiger partial charge in [0, 0.05) is 36.9 Å². The first-order valence-corrected chi connectivity index (χ1v) is 7.32. The molecule has 2 aliphatic carbocycles. The molecule has 1 aromatic rings. The van der Waals surface area contributed by atoms with Crippen molar-refractivity contribution in [3.8, 4) is 5.75 Å². The summed E-state index contributed by atoms with van der Waals surface area (Å²) in [5.74, 6) is 0.930. The molecule has 0 aliphatic heterocycles. The van der Waals surface area contributed by atoms with E-state index < -0.39 is 0 Å². The van der Waals surface area contributed by atoms with Gasteiger partial charge in [-0.2, -0.15) is 0 Å². The Balaban J connectivity index is 1.47. The third-order valence-corrected chi connectivity index (χ3v) is 3.90. The van der Waals surface area contributed by atoms with Crippen LogP contribution in [0, 0.1) is 0 Å². The van der Waals surface area contributed by atoms with Crippen LogP contribution in [0.1, 0.15) is 31.2 Å². The van der Waals surface area contributed by atoms with Crippen LogP contribution >= 0.6 is 0 Å². The Morgan fingerprint density at radius 2 is 2.21 bits per heavy atom. The maximum atomic E-state index is 5.89. The smallest absolute Gasteiger partial charge is 0.142 e. The Kier molecular flexibility index (Phi) is 3.99. The fourth-order valence-electron chi connectivity index (χ4n) is 2.22. The number of pyridine rings is 1. The van der Waals surface area contributed by atoms with Crippen molar-refractivity contribution in [2.75, 3.05) is 20.2 Å². The molecule has 1 N–H and O–H groups in total. The molecular formula is C15H23N3O. The predicted octanol–water partition coefficient (Wildman–Crippen LogP) is 1.81. The first-order valence-electron chi connectivity index (χ1n) is 7.32. The lowest BCUT2D eigenvalue weighted by Crippen LogP contribution is -2.26. The van der Waals surface area contributed by atoms with Gasteiger partial charge < -0.3 is 15.0 Å². The molecule has 0 amide bonds. The van der Waals surface area contributed by atoms with Crippen LogP contribution in [0.25, 0.3) is 0 Å². The summed E-state index contributed by atoms with van der Waals surface area (Å²) in [7, 11) is 2.18. The lowest BCUT2D eigenvalue weighted by atomic mass is 10.2. The number of ether oxygens (including phenoxy) is 1. The zero-order valence-corrected chi connectivity index (χ0v) is 11.6. The van der Waals surface area contributed by atoms with Gasteiger partial charge in [-0.3, -0.25) is 4.98 Å². The Bertz CT molecular complexity index is 416. The Morgan fingerprint density at radius 3 is 2.95 bits per heavy atom. The number of nitrogens with one attached hydrogen (secondary N) is 1. The molecule has 0 saturated heterocycles. The minimum Gasteiger partial charge on any atom is -0.490 e. The summed E-state index contributed by atoms with van der Waals surface area (Å²) < 4.78 is 5.89. The van der Waals surface area contributed by atoms with Crippen LogP contribution in [-0.2, 0) is 6.54 Å². The molecule has 0 radical (unpaired) electrons. The quantitative estimate of drug-likeness (QED) is 0.774. The summed E-state index contributed by atoms with van der Waals surface area (Å²) in [5.41, 5.74) is 1.22. The van der Waals surface area contributed by atoms with Crippen molar-refractivity contribution in [2.24, 2.45) is 0 Å². The van der Waals surface area contributed by atoms with Crippen molar-refractivity contribution in [3.05, 3.63) is 24.0 Å². The molecule has 1 heterocycles. The van der Waals surface area contributed by atoms with Gasteiger partial charge in [0.1, 0.15) is 12.4 Å². The SMILES string of the molecule is CN(CCOc1cnccc1CNC1CC1)C1CC1. The van der Waals surface area contributed by atoms with E-state index in [1.54, 1.807) is 0 Å². The molecule has 4 heteroatoms. The molecule has 0 spiro atoms. The molecule has 0 atom stereocenters. The third-order valence-electron chi connectivity index (χ3n) is 3.90. The van der Waals surface area contributed by atoms with Crippen molar-refractivity contribution in [1.29, 1.82) is 0 Å². The number of aromatic nitrogens is 1. The number of nitrogens with zero attached hydrogens (tertiary/aromatic N) is 2. The van der Waals surface area contributed by atoms with Gasteiger partial charge in [-0.15, -0.1) is 0 Å². The van der Waals surface area contributed by atoms with E-state index in [4.69, 9.17) is 4.74 Å². The van der Waals surface area contributed by atoms with Gasteiger partial charge in [-0.05, 0) is 38.8 Å². The maximum absolute atomic E-state index is 5.89. The highest BCUT2D eigenvalue weighted by Gasteiger charge is 2.25. The molecule has 0 unspecified atom stereocenters. The summed E-state index contributed by atoms with van der Waals surface area (Å²) in [6, 6.07) is 3.57. The minimum atomic E-state index is 0.724. The number of hydrogen-bond acceptors (Lipinski definition) is 4. The van der Waals surface area contributed by atoms with E-state index in [1.165, 1.54) is 31.2 Å². The van der Waals surface area contributed by atoms with Crippen molar-refractivity contribution < 1.29 is 4.74 Å². The van der Waals surface area contributed by atoms with E-state index in [0.29, 0.717) is 0 Å². The largest absolute Gasteiger partial charge is 0.490 e. The molecule has 19 heavy (non-hydrogen) atoms. The molecule has 2 fully saturated rings. The lowest BCUT2D eigenvalue weighted by Gasteiger charge is -2.17. The average Bonchev–Trinajstić information content (AvgIpc) is 3.30. The molecule has 0 aromatic carbocycles. The van der Waals surface area contributed by atoms with Crippen molar-refractivity contribution >= 4 is 0 Å². The Labute approximate surface area is 115 Å². The van der Waals surface area contributed by atoms with Crippen molar-refractivity contribution in [1.82, 2.24) is 15.2 Å². The summed E-state index contributed by atoms with van der Waals surface area (Å²) in [4.78, 5) is 6.55. The predicted molar refractivity (Wildman–Crippen MR) is 75.2 cm³/mol. The highest BCUT2D eigenvalue weighted by molar-refractivity contribution is 5.29. The third kappa shape index (κ3) is 3.91. The lowest BCUT2D eigenvalue weighted by molar-refractivity contribution is 0.230. The van der Waals surface area contributed by atoms with E-state index in [9.17, 15) is 0 Å². The summed E-state index contributed by atoms with van der Waals surface area (Å²) in [6.07, 6.45) is 8.99. The van der Waals surface area contributed by atoms with Gasteiger partial charge in [-0.1, -0.05) is 0 Å². The van der Waals surface area contributed by atoms with Crippen LogP contribution in [0.3, 0.4) is 0 Å². The minimum absolute atomic E-state index is 0.724. The molecule has 1 aromatic heterocycles. The fraction of sp³-hybridized carbons (Fsp3) is 0.667. The van der Waals surface area contributed by atoms with Gasteiger partial charge in [0.25, 0.3) is 0 Å². The number of rotatable bonds is 8. The van der Waals surface area contributed by atoms with E-state index in [1.807, 2.05) is 12.4 Å². The fourth-order valence-corrected chi connectivity index (χ4v) is 2.22. The molecular weight excluding hydrogens is 238 g/mol. The second-order valence-corrected chi connectivity index (χ2v) is 5.70. The summed E-state index contributed by atoms with van der Waals surface area (Å²) in [5, 5.41) is 3.52. The number of hydrogen-bond donors (Lipinski definition) is 1. The van der Waals surface area contributed by atoms with Crippen LogP contribution < -0.4 is 10.1 Å². The van der Waals surface area contributed by atoms with E-state index in [2.05, 4.69) is 28.3 Å². The maximum Gasteiger partial charge on any atom is 0.142 e. The molecule has 2 saturated carbocycles. The standard InChI is InChI=1S/C15H23N3O/c1-18(14-4-5-14)8-9-19-15-11-16-7-6-12(15)10-17-13-2-3-13/h6-7,11,13-14,17H,2-5,8-10H2,1H3. The van der Waals surface area contributed by atoms with E-state index in [0.717, 1.165) is 37.5 Å². The van der Waals surface area contributed by atoms with Gasteiger partial charge in [0.05, 0.1) is 6.20 Å². The molecule has 2 aliphatic rings. The summed E-state index contributed by atoms with van der Waals surface area (Å²) >= 11 is 0. The van der Waals surface area contributed by atoms with Crippen LogP contribution in [0.15, 0.2) is 18.5 Å². The normalized spacial score (nSPS) is 18.8. The van der Waals surface area contributed by atoms with Crippen LogP contribution in [0.4, 0.5) is 0 Å². The van der Waals surface area contributed by atoms with Crippen LogP contribution in [-0.4, -0.2) is 42.2 Å². The second kappa shape index (κ2) is 5.88. The van der Waals surface area contributed by atoms with Crippen molar-refractivity contribution in [2.45, 2.75) is 44.3 Å². The highest BCUT2D eigenvalue weighted by Crippen LogP contribution is 2.25. The van der Waals surface area contributed by atoms with Crippen molar-refractivity contribution in [3.63, 3.8) is 0 Å². The van der Waals surface area contributed by atoms with E-state index in [-0.39, 0.29) is 0 Å². The Hall–Kier alpha value is -1.13. The first kappa shape index (κ1) is 12.9. The second-order valence-electron chi connectivity index (χ2n) is 5.70. The molecule has 0 bridgehead atoms. The van der Waals surface area contributed by atoms with Gasteiger partial charge in [-0.25, -0.2) is 0 Å². The highest BCUT2D eigenvalue weighted by atomic mass is 16.5. The van der Waals surface area contributed by atoms with Gasteiger partial charge in [0.2, 0.25) is 0 Å². The van der Waals surface area contributed by atoms with Crippen LogP contribution in [0.2, 0.25) is 0 Å². The first-order chi connectivity index (χ1) is 9.33. The number of likely N-dealkylation sites (N-methyl/N-ethyl adjacent to an activating group) is 1. The zero-order valence-electron chi connectivity index (χ0n) is 11.6. The summed E-state index contributed by atoms with van der Waals surface area (Å²) in [6.45, 7) is 2.63. The molecule has 3 rings (SSSR count). The van der Waals surface area contributed by atoms with E-state index >= 15 is 0 Å². The average molecular weight is 261 g/mol. The topological polar surface area (TPSA) is 37.4 Å². The van der Waals surface area contributed by atoms with Crippen LogP contribution in [0.5, 0.6) is 5.75 Å². The molecule has 4 nitrogen and oxygen atoms in total. The zero-order chi connectivity index (χ0) is 13.1. The Morgan fingerprint density at radius 1 is 1.37 bits per heavy atom. The van der Waals surface area contributed by atoms with Gasteiger partial charge >= 0.3 is 0 Å².